The molecular weight excluding hydrogens is 512 g/mol. The van der Waals surface area contributed by atoms with Gasteiger partial charge in [-0.15, -0.1) is 11.8 Å². The molecule has 1 saturated carbocycles. The predicted molar refractivity (Wildman–Crippen MR) is 144 cm³/mol. The topological polar surface area (TPSA) is 116 Å². The van der Waals surface area contributed by atoms with E-state index in [1.807, 2.05) is 30.5 Å². The number of rotatable bonds is 7. The summed E-state index contributed by atoms with van der Waals surface area (Å²) in [6.07, 6.45) is 5.69. The molecule has 6 amide bonds. The molecule has 11 heteroatoms. The number of thioether (sulfide) groups is 2. The van der Waals surface area contributed by atoms with Gasteiger partial charge in [-0.25, -0.2) is 4.79 Å². The summed E-state index contributed by atoms with van der Waals surface area (Å²) < 4.78 is 0. The van der Waals surface area contributed by atoms with E-state index in [1.54, 1.807) is 17.8 Å². The molecule has 1 aliphatic carbocycles. The molecule has 2 atom stereocenters. The first-order valence-corrected chi connectivity index (χ1v) is 14.3. The summed E-state index contributed by atoms with van der Waals surface area (Å²) in [6.45, 7) is 5.84. The largest absolute Gasteiger partial charge is 0.353 e. The molecule has 4 rings (SSSR count). The van der Waals surface area contributed by atoms with E-state index in [9.17, 15) is 24.0 Å². The Morgan fingerprint density at radius 3 is 2.51 bits per heavy atom. The van der Waals surface area contributed by atoms with Gasteiger partial charge >= 0.3 is 6.03 Å². The van der Waals surface area contributed by atoms with E-state index in [4.69, 9.17) is 0 Å². The number of carbonyl (C=O) groups is 5. The molecule has 0 radical (unpaired) electrons. The molecule has 1 aromatic carbocycles. The second-order valence-electron chi connectivity index (χ2n) is 10.7. The molecule has 0 aromatic heterocycles. The summed E-state index contributed by atoms with van der Waals surface area (Å²) in [5.41, 5.74) is -0.252. The summed E-state index contributed by atoms with van der Waals surface area (Å²) in [5, 5.41) is 5.07. The lowest BCUT2D eigenvalue weighted by Gasteiger charge is -2.43. The van der Waals surface area contributed by atoms with Crippen LogP contribution in [-0.4, -0.2) is 70.2 Å². The van der Waals surface area contributed by atoms with Crippen LogP contribution in [0.25, 0.3) is 6.08 Å². The third kappa shape index (κ3) is 5.87. The lowest BCUT2D eigenvalue weighted by molar-refractivity contribution is -0.137. The van der Waals surface area contributed by atoms with Crippen LogP contribution >= 0.6 is 23.5 Å². The van der Waals surface area contributed by atoms with Crippen molar-refractivity contribution in [3.8, 4) is 0 Å². The van der Waals surface area contributed by atoms with Gasteiger partial charge in [0, 0.05) is 18.0 Å². The van der Waals surface area contributed by atoms with Crippen LogP contribution in [0.1, 0.15) is 45.6 Å². The van der Waals surface area contributed by atoms with E-state index in [0.717, 1.165) is 38.4 Å². The quantitative estimate of drug-likeness (QED) is 0.306. The Morgan fingerprint density at radius 2 is 1.86 bits per heavy atom. The van der Waals surface area contributed by atoms with E-state index in [2.05, 4.69) is 31.4 Å². The van der Waals surface area contributed by atoms with Gasteiger partial charge in [0.25, 0.3) is 17.1 Å². The maximum absolute atomic E-state index is 13.2. The number of hydrogen-bond acceptors (Lipinski definition) is 7. The van der Waals surface area contributed by atoms with Gasteiger partial charge in [-0.05, 0) is 72.4 Å². The standard InChI is InChI=1S/C26H32N4O5S2/c1-16-12-25(2,3)15-26(13-16)22(33)30(23(34)28-26)14-20(31)27-9-10-29-21(32)19(37-24(29)35)11-17-5-7-18(36-4)8-6-17/h5-8,11,16H,9-10,12-15H2,1-4H3,(H,27,31)(H,28,34)/b19-11+/t16-,26+/m1/s1. The van der Waals surface area contributed by atoms with E-state index < -0.39 is 35.2 Å². The molecule has 3 aliphatic rings. The van der Waals surface area contributed by atoms with Crippen molar-refractivity contribution in [1.82, 2.24) is 20.4 Å². The van der Waals surface area contributed by atoms with E-state index in [1.165, 1.54) is 0 Å². The van der Waals surface area contributed by atoms with Crippen LogP contribution in [0.15, 0.2) is 34.1 Å². The second-order valence-corrected chi connectivity index (χ2v) is 12.6. The number of amides is 6. The zero-order chi connectivity index (χ0) is 27.0. The third-order valence-electron chi connectivity index (χ3n) is 6.87. The normalized spacial score (nSPS) is 26.4. The van der Waals surface area contributed by atoms with Crippen LogP contribution in [0, 0.1) is 11.3 Å². The van der Waals surface area contributed by atoms with Crippen molar-refractivity contribution >= 4 is 58.6 Å². The van der Waals surface area contributed by atoms with Gasteiger partial charge in [0.15, 0.2) is 0 Å². The van der Waals surface area contributed by atoms with Gasteiger partial charge in [-0.3, -0.25) is 29.0 Å². The number of benzene rings is 1. The molecule has 1 aromatic rings. The van der Waals surface area contributed by atoms with Crippen molar-refractivity contribution < 1.29 is 24.0 Å². The Labute approximate surface area is 225 Å². The second kappa shape index (κ2) is 10.5. The van der Waals surface area contributed by atoms with Gasteiger partial charge in [-0.1, -0.05) is 32.9 Å². The highest BCUT2D eigenvalue weighted by Crippen LogP contribution is 2.46. The first-order valence-electron chi connectivity index (χ1n) is 12.2. The molecule has 2 saturated heterocycles. The number of hydrogen-bond donors (Lipinski definition) is 2. The fraction of sp³-hybridized carbons (Fsp3) is 0.500. The van der Waals surface area contributed by atoms with Crippen LogP contribution in [-0.2, 0) is 14.4 Å². The molecule has 37 heavy (non-hydrogen) atoms. The predicted octanol–water partition coefficient (Wildman–Crippen LogP) is 3.70. The smallest absolute Gasteiger partial charge is 0.325 e. The summed E-state index contributed by atoms with van der Waals surface area (Å²) in [7, 11) is 0. The van der Waals surface area contributed by atoms with Gasteiger partial charge in [0.2, 0.25) is 5.91 Å². The van der Waals surface area contributed by atoms with Gasteiger partial charge in [-0.2, -0.15) is 0 Å². The van der Waals surface area contributed by atoms with E-state index in [-0.39, 0.29) is 30.3 Å². The minimum atomic E-state index is -0.970. The number of imide groups is 2. The molecule has 2 aliphatic heterocycles. The highest BCUT2D eigenvalue weighted by Gasteiger charge is 2.56. The highest BCUT2D eigenvalue weighted by molar-refractivity contribution is 8.18. The van der Waals surface area contributed by atoms with Crippen molar-refractivity contribution in [2.75, 3.05) is 25.9 Å². The lowest BCUT2D eigenvalue weighted by Crippen LogP contribution is -2.54. The molecular formula is C26H32N4O5S2. The molecule has 0 unspecified atom stereocenters. The maximum atomic E-state index is 13.2. The first-order chi connectivity index (χ1) is 17.4. The molecule has 2 heterocycles. The Morgan fingerprint density at radius 1 is 1.16 bits per heavy atom. The lowest BCUT2D eigenvalue weighted by atomic mass is 9.64. The van der Waals surface area contributed by atoms with Crippen molar-refractivity contribution in [2.24, 2.45) is 11.3 Å². The Kier molecular flexibility index (Phi) is 7.75. The minimum absolute atomic E-state index is 0.00502. The van der Waals surface area contributed by atoms with E-state index in [0.29, 0.717) is 17.7 Å². The fourth-order valence-corrected chi connectivity index (χ4v) is 6.97. The number of nitrogens with one attached hydrogen (secondary N) is 2. The average molecular weight is 545 g/mol. The monoisotopic (exact) mass is 544 g/mol. The Balaban J connectivity index is 1.30. The SMILES string of the molecule is CSc1ccc(/C=C2/SC(=O)N(CCNC(=O)CN3C(=O)N[C@]4(C[C@H](C)CC(C)(C)C4)C3=O)C2=O)cc1. The average Bonchev–Trinajstić information content (AvgIpc) is 3.19. The summed E-state index contributed by atoms with van der Waals surface area (Å²) in [4.78, 5) is 67.0. The molecule has 198 valence electrons. The van der Waals surface area contributed by atoms with Crippen molar-refractivity contribution in [3.63, 3.8) is 0 Å². The van der Waals surface area contributed by atoms with Gasteiger partial charge < -0.3 is 10.6 Å². The summed E-state index contributed by atoms with van der Waals surface area (Å²) in [6, 6.07) is 7.09. The highest BCUT2D eigenvalue weighted by atomic mass is 32.2. The zero-order valence-electron chi connectivity index (χ0n) is 21.5. The van der Waals surface area contributed by atoms with Crippen molar-refractivity contribution in [2.45, 2.75) is 50.5 Å². The minimum Gasteiger partial charge on any atom is -0.353 e. The maximum Gasteiger partial charge on any atom is 0.325 e. The van der Waals surface area contributed by atoms with Gasteiger partial charge in [0.1, 0.15) is 12.1 Å². The molecule has 1 spiro atoms. The van der Waals surface area contributed by atoms with Crippen LogP contribution in [0.2, 0.25) is 0 Å². The number of carbonyl (C=O) groups excluding carboxylic acids is 5. The zero-order valence-corrected chi connectivity index (χ0v) is 23.1. The fourth-order valence-electron chi connectivity index (χ4n) is 5.70. The Bertz CT molecular complexity index is 1170. The summed E-state index contributed by atoms with van der Waals surface area (Å²) >= 11 is 2.47. The summed E-state index contributed by atoms with van der Waals surface area (Å²) in [5.74, 6) is -1.04. The number of nitrogens with zero attached hydrogens (tertiary/aromatic N) is 2. The van der Waals surface area contributed by atoms with E-state index >= 15 is 0 Å². The van der Waals surface area contributed by atoms with Crippen molar-refractivity contribution in [1.29, 1.82) is 0 Å². The van der Waals surface area contributed by atoms with Crippen LogP contribution < -0.4 is 10.6 Å². The Hall–Kier alpha value is -2.79. The molecule has 2 N–H and O–H groups in total. The first kappa shape index (κ1) is 27.3. The van der Waals surface area contributed by atoms with Crippen LogP contribution in [0.5, 0.6) is 0 Å². The third-order valence-corrected chi connectivity index (χ3v) is 8.52. The number of urea groups is 1. The molecule has 3 fully saturated rings. The van der Waals surface area contributed by atoms with Crippen LogP contribution in [0.4, 0.5) is 9.59 Å². The van der Waals surface area contributed by atoms with Crippen LogP contribution in [0.3, 0.4) is 0 Å². The van der Waals surface area contributed by atoms with Gasteiger partial charge in [0.05, 0.1) is 4.91 Å². The molecule has 9 nitrogen and oxygen atoms in total. The molecule has 0 bridgehead atoms. The van der Waals surface area contributed by atoms with Crippen molar-refractivity contribution in [3.05, 3.63) is 34.7 Å².